The second-order valence-electron chi connectivity index (χ2n) is 5.38. The molecular formula is C15H25N3O. The zero-order valence-corrected chi connectivity index (χ0v) is 12.4. The number of hydrogen-bond acceptors (Lipinski definition) is 4. The molecule has 2 unspecified atom stereocenters. The van der Waals surface area contributed by atoms with Crippen molar-refractivity contribution < 1.29 is 4.74 Å². The second kappa shape index (κ2) is 6.37. The van der Waals surface area contributed by atoms with Gasteiger partial charge in [0, 0.05) is 32.9 Å². The van der Waals surface area contributed by atoms with Gasteiger partial charge in [0.2, 0.25) is 0 Å². The van der Waals surface area contributed by atoms with Crippen LogP contribution in [-0.2, 0) is 4.74 Å². The lowest BCUT2D eigenvalue weighted by Gasteiger charge is -2.39. The summed E-state index contributed by atoms with van der Waals surface area (Å²) < 4.78 is 5.92. The normalized spacial score (nSPS) is 24.4. The highest BCUT2D eigenvalue weighted by Crippen LogP contribution is 2.29. The molecule has 2 rings (SSSR count). The predicted octanol–water partition coefficient (Wildman–Crippen LogP) is 1.34. The van der Waals surface area contributed by atoms with Gasteiger partial charge in [-0.05, 0) is 31.8 Å². The lowest BCUT2D eigenvalue weighted by molar-refractivity contribution is -0.0606. The van der Waals surface area contributed by atoms with Gasteiger partial charge in [-0.15, -0.1) is 0 Å². The third kappa shape index (κ3) is 3.26. The van der Waals surface area contributed by atoms with Crippen molar-refractivity contribution in [3.63, 3.8) is 0 Å². The summed E-state index contributed by atoms with van der Waals surface area (Å²) in [5, 5.41) is 3.23. The van der Waals surface area contributed by atoms with Crippen LogP contribution >= 0.6 is 0 Å². The first-order valence-corrected chi connectivity index (χ1v) is 6.87. The number of rotatable bonds is 4. The van der Waals surface area contributed by atoms with Crippen LogP contribution in [0.1, 0.15) is 11.6 Å². The molecule has 0 aliphatic carbocycles. The Hall–Kier alpha value is -1.10. The van der Waals surface area contributed by atoms with E-state index in [9.17, 15) is 0 Å². The molecule has 1 heterocycles. The summed E-state index contributed by atoms with van der Waals surface area (Å²) in [6.07, 6.45) is 0.217. The molecular weight excluding hydrogens is 238 g/mol. The maximum atomic E-state index is 5.92. The first kappa shape index (κ1) is 14.3. The van der Waals surface area contributed by atoms with Crippen molar-refractivity contribution >= 4 is 5.69 Å². The molecule has 0 amide bonds. The van der Waals surface area contributed by atoms with E-state index < -0.39 is 0 Å². The van der Waals surface area contributed by atoms with Crippen LogP contribution in [0.5, 0.6) is 0 Å². The van der Waals surface area contributed by atoms with E-state index in [0.29, 0.717) is 6.04 Å². The van der Waals surface area contributed by atoms with Crippen LogP contribution in [0, 0.1) is 0 Å². The van der Waals surface area contributed by atoms with Crippen molar-refractivity contribution in [1.29, 1.82) is 0 Å². The Balaban J connectivity index is 2.20. The number of hydrogen-bond donors (Lipinski definition) is 1. The van der Waals surface area contributed by atoms with Gasteiger partial charge in [-0.3, -0.25) is 4.90 Å². The van der Waals surface area contributed by atoms with Gasteiger partial charge in [0.1, 0.15) is 0 Å². The number of nitrogens with one attached hydrogen (secondary N) is 1. The average Bonchev–Trinajstić information content (AvgIpc) is 2.39. The molecule has 4 nitrogen and oxygen atoms in total. The summed E-state index contributed by atoms with van der Waals surface area (Å²) in [6.45, 7) is 2.68. The van der Waals surface area contributed by atoms with Crippen LogP contribution in [0.15, 0.2) is 24.3 Å². The van der Waals surface area contributed by atoms with Gasteiger partial charge in [-0.25, -0.2) is 0 Å². The number of benzene rings is 1. The minimum absolute atomic E-state index is 0.217. The molecule has 0 radical (unpaired) electrons. The zero-order valence-electron chi connectivity index (χ0n) is 12.4. The molecule has 1 N–H and O–H groups in total. The highest BCUT2D eigenvalue weighted by Gasteiger charge is 2.30. The van der Waals surface area contributed by atoms with Gasteiger partial charge in [0.05, 0.1) is 18.8 Å². The Labute approximate surface area is 116 Å². The molecule has 106 valence electrons. The summed E-state index contributed by atoms with van der Waals surface area (Å²) in [5.41, 5.74) is 2.56. The number of likely N-dealkylation sites (N-methyl/N-ethyl adjacent to an activating group) is 2. The van der Waals surface area contributed by atoms with Gasteiger partial charge >= 0.3 is 0 Å². The molecule has 4 heteroatoms. The molecule has 1 aliphatic heterocycles. The van der Waals surface area contributed by atoms with E-state index in [-0.39, 0.29) is 6.10 Å². The molecule has 2 atom stereocenters. The SMILES string of the molecule is CNCC1OCCN(C)C1c1ccc(N(C)C)cc1. The third-order valence-corrected chi connectivity index (χ3v) is 3.76. The van der Waals surface area contributed by atoms with Crippen molar-refractivity contribution in [3.8, 4) is 0 Å². The monoisotopic (exact) mass is 263 g/mol. The molecule has 0 aromatic heterocycles. The van der Waals surface area contributed by atoms with Crippen molar-refractivity contribution in [1.82, 2.24) is 10.2 Å². The van der Waals surface area contributed by atoms with Crippen molar-refractivity contribution in [2.24, 2.45) is 0 Å². The molecule has 1 aliphatic rings. The summed E-state index contributed by atoms with van der Waals surface area (Å²) >= 11 is 0. The van der Waals surface area contributed by atoms with Crippen LogP contribution in [0.3, 0.4) is 0 Å². The topological polar surface area (TPSA) is 27.7 Å². The lowest BCUT2D eigenvalue weighted by Crippen LogP contribution is -2.46. The molecule has 0 spiro atoms. The van der Waals surface area contributed by atoms with Gasteiger partial charge in [-0.1, -0.05) is 12.1 Å². The van der Waals surface area contributed by atoms with E-state index in [1.807, 2.05) is 7.05 Å². The molecule has 1 fully saturated rings. The minimum atomic E-state index is 0.217. The van der Waals surface area contributed by atoms with E-state index >= 15 is 0 Å². The maximum absolute atomic E-state index is 5.92. The van der Waals surface area contributed by atoms with E-state index in [1.165, 1.54) is 11.3 Å². The van der Waals surface area contributed by atoms with E-state index in [2.05, 4.69) is 60.5 Å². The van der Waals surface area contributed by atoms with E-state index in [0.717, 1.165) is 19.7 Å². The van der Waals surface area contributed by atoms with Crippen LogP contribution in [0.2, 0.25) is 0 Å². The fourth-order valence-corrected chi connectivity index (χ4v) is 2.67. The third-order valence-electron chi connectivity index (χ3n) is 3.76. The van der Waals surface area contributed by atoms with Crippen LogP contribution < -0.4 is 10.2 Å². The van der Waals surface area contributed by atoms with Gasteiger partial charge < -0.3 is 15.0 Å². The summed E-state index contributed by atoms with van der Waals surface area (Å²) in [4.78, 5) is 4.51. The van der Waals surface area contributed by atoms with E-state index in [1.54, 1.807) is 0 Å². The highest BCUT2D eigenvalue weighted by molar-refractivity contribution is 5.46. The van der Waals surface area contributed by atoms with Crippen molar-refractivity contribution in [2.75, 3.05) is 52.8 Å². The summed E-state index contributed by atoms with van der Waals surface area (Å²) in [6, 6.07) is 9.11. The average molecular weight is 263 g/mol. The Bertz CT molecular complexity index is 389. The number of nitrogens with zero attached hydrogens (tertiary/aromatic N) is 2. The molecule has 19 heavy (non-hydrogen) atoms. The standard InChI is InChI=1S/C15H25N3O/c1-16-11-14-15(18(4)9-10-19-14)12-5-7-13(8-6-12)17(2)3/h5-8,14-16H,9-11H2,1-4H3. The molecule has 1 aromatic carbocycles. The minimum Gasteiger partial charge on any atom is -0.378 e. The summed E-state index contributed by atoms with van der Waals surface area (Å²) in [7, 11) is 8.28. The quantitative estimate of drug-likeness (QED) is 0.887. The van der Waals surface area contributed by atoms with E-state index in [4.69, 9.17) is 4.74 Å². The van der Waals surface area contributed by atoms with Gasteiger partial charge in [0.25, 0.3) is 0 Å². The predicted molar refractivity (Wildman–Crippen MR) is 79.8 cm³/mol. The second-order valence-corrected chi connectivity index (χ2v) is 5.38. The van der Waals surface area contributed by atoms with Crippen LogP contribution in [0.4, 0.5) is 5.69 Å². The molecule has 0 bridgehead atoms. The molecule has 1 aromatic rings. The largest absolute Gasteiger partial charge is 0.378 e. The van der Waals surface area contributed by atoms with Gasteiger partial charge in [0.15, 0.2) is 0 Å². The van der Waals surface area contributed by atoms with Crippen molar-refractivity contribution in [3.05, 3.63) is 29.8 Å². The summed E-state index contributed by atoms with van der Waals surface area (Å²) in [5.74, 6) is 0. The first-order chi connectivity index (χ1) is 9.13. The van der Waals surface area contributed by atoms with Crippen LogP contribution in [0.25, 0.3) is 0 Å². The highest BCUT2D eigenvalue weighted by atomic mass is 16.5. The molecule has 0 saturated carbocycles. The Morgan fingerprint density at radius 3 is 2.58 bits per heavy atom. The van der Waals surface area contributed by atoms with Crippen molar-refractivity contribution in [2.45, 2.75) is 12.1 Å². The number of anilines is 1. The number of ether oxygens (including phenoxy) is 1. The number of morpholine rings is 1. The maximum Gasteiger partial charge on any atom is 0.0896 e. The smallest absolute Gasteiger partial charge is 0.0896 e. The lowest BCUT2D eigenvalue weighted by atomic mass is 9.98. The fraction of sp³-hybridized carbons (Fsp3) is 0.600. The Kier molecular flexibility index (Phi) is 4.80. The fourth-order valence-electron chi connectivity index (χ4n) is 2.67. The van der Waals surface area contributed by atoms with Crippen LogP contribution in [-0.4, -0.2) is 58.9 Å². The Morgan fingerprint density at radius 1 is 1.32 bits per heavy atom. The molecule has 1 saturated heterocycles. The first-order valence-electron chi connectivity index (χ1n) is 6.87. The zero-order chi connectivity index (χ0) is 13.8. The van der Waals surface area contributed by atoms with Gasteiger partial charge in [-0.2, -0.15) is 0 Å². The Morgan fingerprint density at radius 2 is 2.00 bits per heavy atom.